The fourth-order valence-corrected chi connectivity index (χ4v) is 2.71. The highest BCUT2D eigenvalue weighted by Gasteiger charge is 2.11. The minimum absolute atomic E-state index is 0.146. The quantitative estimate of drug-likeness (QED) is 0.705. The summed E-state index contributed by atoms with van der Waals surface area (Å²) in [6, 6.07) is 10.4. The second-order valence-electron chi connectivity index (χ2n) is 4.89. The van der Waals surface area contributed by atoms with E-state index >= 15 is 0 Å². The van der Waals surface area contributed by atoms with E-state index in [1.54, 1.807) is 24.3 Å². The number of carbonyl (C=O) groups is 2. The van der Waals surface area contributed by atoms with Gasteiger partial charge in [0.15, 0.2) is 0 Å². The van der Waals surface area contributed by atoms with Crippen molar-refractivity contribution in [2.75, 3.05) is 5.32 Å². The van der Waals surface area contributed by atoms with Crippen LogP contribution in [-0.2, 0) is 11.3 Å². The van der Waals surface area contributed by atoms with Gasteiger partial charge in [-0.1, -0.05) is 18.2 Å². The maximum atomic E-state index is 12.0. The molecule has 3 N–H and O–H groups in total. The molecule has 0 radical (unpaired) electrons. The molecule has 2 heterocycles. The van der Waals surface area contributed by atoms with Gasteiger partial charge < -0.3 is 11.1 Å². The number of amides is 2. The molecule has 0 aliphatic carbocycles. The normalized spacial score (nSPS) is 10.5. The van der Waals surface area contributed by atoms with Crippen LogP contribution < -0.4 is 11.1 Å². The average Bonchev–Trinajstić information content (AvgIpc) is 3.24. The van der Waals surface area contributed by atoms with Crippen molar-refractivity contribution in [2.45, 2.75) is 13.0 Å². The minimum Gasteiger partial charge on any atom is -0.366 e. The van der Waals surface area contributed by atoms with Gasteiger partial charge in [0.1, 0.15) is 0 Å². The summed E-state index contributed by atoms with van der Waals surface area (Å²) in [6.07, 6.45) is 0.146. The molecular weight excluding hydrogens is 328 g/mol. The van der Waals surface area contributed by atoms with Gasteiger partial charge in [-0.05, 0) is 28.8 Å². The summed E-state index contributed by atoms with van der Waals surface area (Å²) in [5.41, 5.74) is 5.94. The molecule has 1 aromatic carbocycles. The van der Waals surface area contributed by atoms with Gasteiger partial charge in [0.05, 0.1) is 22.7 Å². The first-order chi connectivity index (χ1) is 11.6. The molecule has 0 saturated carbocycles. The van der Waals surface area contributed by atoms with Crippen LogP contribution in [0.2, 0.25) is 0 Å². The van der Waals surface area contributed by atoms with Crippen LogP contribution in [0.25, 0.3) is 10.7 Å². The highest BCUT2D eigenvalue weighted by atomic mass is 32.1. The fraction of sp³-hybridized carbons (Fsp3) is 0.133. The highest BCUT2D eigenvalue weighted by Crippen LogP contribution is 2.19. The number of aromatic nitrogens is 4. The second kappa shape index (κ2) is 7.01. The van der Waals surface area contributed by atoms with Crippen molar-refractivity contribution in [3.05, 3.63) is 47.3 Å². The van der Waals surface area contributed by atoms with Crippen molar-refractivity contribution in [3.8, 4) is 10.7 Å². The Balaban J connectivity index is 1.59. The molecule has 0 aliphatic rings. The van der Waals surface area contributed by atoms with Crippen molar-refractivity contribution in [1.82, 2.24) is 20.2 Å². The molecule has 3 aromatic rings. The molecule has 2 amide bonds. The van der Waals surface area contributed by atoms with Crippen molar-refractivity contribution in [1.29, 1.82) is 0 Å². The number of primary amides is 1. The number of aryl methyl sites for hydroxylation is 1. The summed E-state index contributed by atoms with van der Waals surface area (Å²) >= 11 is 1.52. The van der Waals surface area contributed by atoms with Gasteiger partial charge in [-0.2, -0.15) is 4.80 Å². The molecule has 0 saturated heterocycles. The Morgan fingerprint density at radius 2 is 2.04 bits per heavy atom. The Bertz CT molecular complexity index is 858. The lowest BCUT2D eigenvalue weighted by atomic mass is 10.1. The first kappa shape index (κ1) is 15.8. The van der Waals surface area contributed by atoms with Crippen molar-refractivity contribution in [2.24, 2.45) is 5.73 Å². The van der Waals surface area contributed by atoms with Crippen molar-refractivity contribution < 1.29 is 9.59 Å². The van der Waals surface area contributed by atoms with Crippen molar-refractivity contribution in [3.63, 3.8) is 0 Å². The zero-order chi connectivity index (χ0) is 16.9. The molecule has 0 unspecified atom stereocenters. The third-order valence-electron chi connectivity index (χ3n) is 3.20. The number of nitrogens with two attached hydrogens (primary N) is 1. The Morgan fingerprint density at radius 1 is 1.21 bits per heavy atom. The molecule has 0 atom stereocenters. The first-order valence-electron chi connectivity index (χ1n) is 7.14. The monoisotopic (exact) mass is 342 g/mol. The van der Waals surface area contributed by atoms with Crippen LogP contribution in [0.1, 0.15) is 16.8 Å². The molecule has 24 heavy (non-hydrogen) atoms. The van der Waals surface area contributed by atoms with E-state index in [4.69, 9.17) is 5.73 Å². The largest absolute Gasteiger partial charge is 0.366 e. The SMILES string of the molecule is NC(=O)c1ccccc1NC(=O)CCn1nnc(-c2cccs2)n1. The minimum atomic E-state index is -0.593. The summed E-state index contributed by atoms with van der Waals surface area (Å²) in [5, 5.41) is 16.7. The Labute approximate surface area is 141 Å². The zero-order valence-corrected chi connectivity index (χ0v) is 13.4. The molecule has 0 fully saturated rings. The maximum Gasteiger partial charge on any atom is 0.250 e. The number of tetrazole rings is 1. The van der Waals surface area contributed by atoms with E-state index in [1.807, 2.05) is 17.5 Å². The van der Waals surface area contributed by atoms with E-state index in [0.29, 0.717) is 11.5 Å². The van der Waals surface area contributed by atoms with E-state index < -0.39 is 5.91 Å². The van der Waals surface area contributed by atoms with E-state index in [1.165, 1.54) is 16.1 Å². The molecule has 0 bridgehead atoms. The third-order valence-corrected chi connectivity index (χ3v) is 4.07. The zero-order valence-electron chi connectivity index (χ0n) is 12.5. The lowest BCUT2D eigenvalue weighted by molar-refractivity contribution is -0.116. The number of nitrogens with one attached hydrogen (secondary N) is 1. The summed E-state index contributed by atoms with van der Waals surface area (Å²) in [4.78, 5) is 25.7. The van der Waals surface area contributed by atoms with Gasteiger partial charge in [0.2, 0.25) is 11.7 Å². The molecule has 0 spiro atoms. The molecule has 3 rings (SSSR count). The smallest absolute Gasteiger partial charge is 0.250 e. The Kier molecular flexibility index (Phi) is 4.62. The topological polar surface area (TPSA) is 116 Å². The number of hydrogen-bond acceptors (Lipinski definition) is 6. The predicted molar refractivity (Wildman–Crippen MR) is 89.3 cm³/mol. The number of benzene rings is 1. The number of hydrogen-bond donors (Lipinski definition) is 2. The molecule has 8 nitrogen and oxygen atoms in total. The average molecular weight is 342 g/mol. The summed E-state index contributed by atoms with van der Waals surface area (Å²) in [5.74, 6) is -0.326. The van der Waals surface area contributed by atoms with E-state index in [9.17, 15) is 9.59 Å². The first-order valence-corrected chi connectivity index (χ1v) is 8.02. The number of rotatable bonds is 6. The predicted octanol–water partition coefficient (Wildman–Crippen LogP) is 1.53. The third kappa shape index (κ3) is 3.63. The molecule has 122 valence electrons. The fourth-order valence-electron chi connectivity index (χ4n) is 2.06. The summed E-state index contributed by atoms with van der Waals surface area (Å²) in [7, 11) is 0. The number of thiophene rings is 1. The Morgan fingerprint density at radius 3 is 2.79 bits per heavy atom. The standard InChI is InChI=1S/C15H14N6O2S/c16-14(23)10-4-1-2-5-11(10)17-13(22)7-8-21-19-15(18-20-21)12-6-3-9-24-12/h1-6,9H,7-8H2,(H2,16,23)(H,17,22). The van der Waals surface area contributed by atoms with Crippen LogP contribution >= 0.6 is 11.3 Å². The van der Waals surface area contributed by atoms with E-state index in [-0.39, 0.29) is 24.4 Å². The van der Waals surface area contributed by atoms with Gasteiger partial charge in [-0.15, -0.1) is 21.5 Å². The van der Waals surface area contributed by atoms with Gasteiger partial charge in [0.25, 0.3) is 5.91 Å². The van der Waals surface area contributed by atoms with Crippen molar-refractivity contribution >= 4 is 28.8 Å². The lowest BCUT2D eigenvalue weighted by Gasteiger charge is -2.08. The van der Waals surface area contributed by atoms with Crippen LogP contribution in [0.5, 0.6) is 0 Å². The maximum absolute atomic E-state index is 12.0. The number of nitrogens with zero attached hydrogens (tertiary/aromatic N) is 4. The van der Waals surface area contributed by atoms with E-state index in [0.717, 1.165) is 4.88 Å². The van der Waals surface area contributed by atoms with Crippen LogP contribution in [0, 0.1) is 0 Å². The molecule has 9 heteroatoms. The number of para-hydroxylation sites is 1. The van der Waals surface area contributed by atoms with E-state index in [2.05, 4.69) is 20.7 Å². The number of carbonyl (C=O) groups excluding carboxylic acids is 2. The van der Waals surface area contributed by atoms with Crippen LogP contribution in [0.4, 0.5) is 5.69 Å². The van der Waals surface area contributed by atoms with Gasteiger partial charge in [0, 0.05) is 6.42 Å². The Hall–Kier alpha value is -3.07. The van der Waals surface area contributed by atoms with Crippen LogP contribution in [0.15, 0.2) is 41.8 Å². The second-order valence-corrected chi connectivity index (χ2v) is 5.84. The lowest BCUT2D eigenvalue weighted by Crippen LogP contribution is -2.19. The summed E-state index contributed by atoms with van der Waals surface area (Å²) in [6.45, 7) is 0.281. The molecule has 2 aromatic heterocycles. The molecule has 0 aliphatic heterocycles. The van der Waals surface area contributed by atoms with Crippen LogP contribution in [0.3, 0.4) is 0 Å². The van der Waals surface area contributed by atoms with Gasteiger partial charge >= 0.3 is 0 Å². The van der Waals surface area contributed by atoms with Gasteiger partial charge in [-0.3, -0.25) is 9.59 Å². The van der Waals surface area contributed by atoms with Crippen LogP contribution in [-0.4, -0.2) is 32.0 Å². The number of anilines is 1. The highest BCUT2D eigenvalue weighted by molar-refractivity contribution is 7.13. The molecular formula is C15H14N6O2S. The summed E-state index contributed by atoms with van der Waals surface area (Å²) < 4.78 is 0. The van der Waals surface area contributed by atoms with Gasteiger partial charge in [-0.25, -0.2) is 0 Å².